The number of unbranched alkanes of at least 4 members (excludes halogenated alkanes) is 11. The molecule has 146 valence electrons. The highest BCUT2D eigenvalue weighted by Gasteiger charge is 2.24. The molecule has 0 heterocycles. The van der Waals surface area contributed by atoms with E-state index in [0.29, 0.717) is 11.7 Å². The van der Waals surface area contributed by atoms with Gasteiger partial charge in [0.05, 0.1) is 0 Å². The maximum Gasteiger partial charge on any atom is 0.114 e. The quantitative estimate of drug-likeness (QED) is 0.312. The first kappa shape index (κ1) is 22.3. The molecular formula is C24H44O. The lowest BCUT2D eigenvalue weighted by Crippen LogP contribution is -2.16. The van der Waals surface area contributed by atoms with E-state index in [9.17, 15) is 5.11 Å². The van der Waals surface area contributed by atoms with Crippen LogP contribution in [-0.4, -0.2) is 5.11 Å². The fraction of sp³-hybridized carbons (Fsp3) is 0.833. The van der Waals surface area contributed by atoms with Crippen LogP contribution in [0, 0.1) is 11.3 Å². The van der Waals surface area contributed by atoms with Crippen LogP contribution >= 0.6 is 0 Å². The molecule has 25 heavy (non-hydrogen) atoms. The molecule has 0 bridgehead atoms. The molecule has 1 rings (SSSR count). The second kappa shape index (κ2) is 12.6. The van der Waals surface area contributed by atoms with E-state index in [1.54, 1.807) is 0 Å². The molecule has 0 aromatic heterocycles. The lowest BCUT2D eigenvalue weighted by atomic mass is 9.78. The summed E-state index contributed by atoms with van der Waals surface area (Å²) in [5.74, 6) is 1.02. The third-order valence-electron chi connectivity index (χ3n) is 5.69. The highest BCUT2D eigenvalue weighted by atomic mass is 16.3. The Labute approximate surface area is 158 Å². The number of rotatable bonds is 14. The molecule has 0 radical (unpaired) electrons. The summed E-state index contributed by atoms with van der Waals surface area (Å²) in [5.41, 5.74) is 1.38. The van der Waals surface area contributed by atoms with Crippen molar-refractivity contribution in [1.82, 2.24) is 0 Å². The van der Waals surface area contributed by atoms with Gasteiger partial charge in [-0.25, -0.2) is 0 Å². The van der Waals surface area contributed by atoms with Gasteiger partial charge in [-0.05, 0) is 35.8 Å². The fourth-order valence-corrected chi connectivity index (χ4v) is 3.87. The molecule has 0 saturated carbocycles. The van der Waals surface area contributed by atoms with Crippen LogP contribution in [0.1, 0.15) is 118 Å². The maximum absolute atomic E-state index is 10.2. The summed E-state index contributed by atoms with van der Waals surface area (Å²) >= 11 is 0. The molecule has 1 aliphatic rings. The van der Waals surface area contributed by atoms with Crippen LogP contribution in [-0.2, 0) is 0 Å². The first-order valence-corrected chi connectivity index (χ1v) is 11.1. The third-order valence-corrected chi connectivity index (χ3v) is 5.69. The minimum Gasteiger partial charge on any atom is -0.508 e. The van der Waals surface area contributed by atoms with E-state index in [1.807, 2.05) is 6.08 Å². The average Bonchev–Trinajstić information content (AvgIpc) is 2.58. The molecule has 1 heteroatoms. The van der Waals surface area contributed by atoms with Crippen LogP contribution in [0.25, 0.3) is 0 Å². The Morgan fingerprint density at radius 2 is 1.36 bits per heavy atom. The number of hydrogen-bond acceptors (Lipinski definition) is 1. The van der Waals surface area contributed by atoms with Crippen molar-refractivity contribution in [2.45, 2.75) is 118 Å². The predicted octanol–water partition coefficient (Wildman–Crippen LogP) is 8.51. The van der Waals surface area contributed by atoms with Crippen LogP contribution in [0.5, 0.6) is 0 Å². The van der Waals surface area contributed by atoms with E-state index in [4.69, 9.17) is 0 Å². The molecule has 1 nitrogen and oxygen atoms in total. The molecule has 0 fully saturated rings. The van der Waals surface area contributed by atoms with Crippen molar-refractivity contribution in [3.63, 3.8) is 0 Å². The molecule has 1 unspecified atom stereocenters. The summed E-state index contributed by atoms with van der Waals surface area (Å²) in [6.45, 7) is 9.07. The summed E-state index contributed by atoms with van der Waals surface area (Å²) in [6, 6.07) is 0. The van der Waals surface area contributed by atoms with E-state index in [-0.39, 0.29) is 5.41 Å². The van der Waals surface area contributed by atoms with E-state index < -0.39 is 0 Å². The Bertz CT molecular complexity index is 402. The molecule has 0 spiro atoms. The van der Waals surface area contributed by atoms with Crippen molar-refractivity contribution in [2.24, 2.45) is 11.3 Å². The Morgan fingerprint density at radius 3 is 1.88 bits per heavy atom. The van der Waals surface area contributed by atoms with Gasteiger partial charge in [-0.1, -0.05) is 111 Å². The van der Waals surface area contributed by atoms with Crippen molar-refractivity contribution in [1.29, 1.82) is 0 Å². The largest absolute Gasteiger partial charge is 0.508 e. The minimum atomic E-state index is 0.201. The van der Waals surface area contributed by atoms with Gasteiger partial charge in [0.2, 0.25) is 0 Å². The smallest absolute Gasteiger partial charge is 0.114 e. The van der Waals surface area contributed by atoms with Crippen molar-refractivity contribution in [2.75, 3.05) is 0 Å². The van der Waals surface area contributed by atoms with Gasteiger partial charge >= 0.3 is 0 Å². The molecular weight excluding hydrogens is 304 g/mol. The Hall–Kier alpha value is -0.720. The molecule has 1 N–H and O–H groups in total. The second-order valence-corrected chi connectivity index (χ2v) is 8.96. The normalized spacial score (nSPS) is 17.9. The molecule has 0 aromatic carbocycles. The first-order valence-electron chi connectivity index (χ1n) is 11.1. The predicted molar refractivity (Wildman–Crippen MR) is 112 cm³/mol. The maximum atomic E-state index is 10.2. The topological polar surface area (TPSA) is 20.2 Å². The van der Waals surface area contributed by atoms with Gasteiger partial charge in [0, 0.05) is 0 Å². The first-order chi connectivity index (χ1) is 12.0. The fourth-order valence-electron chi connectivity index (χ4n) is 3.87. The number of hydrogen-bond donors (Lipinski definition) is 1. The zero-order chi connectivity index (χ0) is 18.5. The minimum absolute atomic E-state index is 0.201. The Kier molecular flexibility index (Phi) is 11.3. The number of aliphatic hydroxyl groups excluding tert-OH is 1. The molecule has 0 saturated heterocycles. The molecule has 0 aliphatic heterocycles. The summed E-state index contributed by atoms with van der Waals surface area (Å²) in [4.78, 5) is 0. The van der Waals surface area contributed by atoms with Gasteiger partial charge in [-0.2, -0.15) is 0 Å². The van der Waals surface area contributed by atoms with Crippen molar-refractivity contribution >= 4 is 0 Å². The van der Waals surface area contributed by atoms with Crippen LogP contribution in [0.3, 0.4) is 0 Å². The lowest BCUT2D eigenvalue weighted by molar-refractivity contribution is 0.366. The van der Waals surface area contributed by atoms with Crippen molar-refractivity contribution < 1.29 is 5.11 Å². The number of aliphatic hydroxyl groups is 1. The SMILES string of the molecule is CCCCCCCCCCCCCCC(C)C1=CC(C)(C)CC=C1O. The van der Waals surface area contributed by atoms with Gasteiger partial charge in [0.1, 0.15) is 5.76 Å². The molecule has 0 amide bonds. The molecule has 1 atom stereocenters. The van der Waals surface area contributed by atoms with Crippen LogP contribution < -0.4 is 0 Å². The monoisotopic (exact) mass is 348 g/mol. The summed E-state index contributed by atoms with van der Waals surface area (Å²) in [6.07, 6.45) is 23.3. The van der Waals surface area contributed by atoms with Gasteiger partial charge < -0.3 is 5.11 Å². The van der Waals surface area contributed by atoms with Gasteiger partial charge in [0.25, 0.3) is 0 Å². The summed E-state index contributed by atoms with van der Waals surface area (Å²) in [7, 11) is 0. The molecule has 1 aliphatic carbocycles. The second-order valence-electron chi connectivity index (χ2n) is 8.96. The highest BCUT2D eigenvalue weighted by molar-refractivity contribution is 5.32. The van der Waals surface area contributed by atoms with Gasteiger partial charge in [-0.15, -0.1) is 0 Å². The lowest BCUT2D eigenvalue weighted by Gasteiger charge is -2.28. The Morgan fingerprint density at radius 1 is 0.880 bits per heavy atom. The standard InChI is InChI=1S/C24H44O/c1-5-6-7-8-9-10-11-12-13-14-15-16-17-21(2)22-20-24(3,4)19-18-23(22)25/h18,20-21,25H,5-17,19H2,1-4H3. The van der Waals surface area contributed by atoms with Crippen molar-refractivity contribution in [3.8, 4) is 0 Å². The van der Waals surface area contributed by atoms with E-state index in [0.717, 1.165) is 6.42 Å². The number of allylic oxidation sites excluding steroid dienone is 3. The van der Waals surface area contributed by atoms with E-state index in [1.165, 1.54) is 89.0 Å². The summed E-state index contributed by atoms with van der Waals surface area (Å²) in [5, 5.41) is 10.2. The zero-order valence-electron chi connectivity index (χ0n) is 17.6. The Balaban J connectivity index is 2.01. The highest BCUT2D eigenvalue weighted by Crippen LogP contribution is 2.36. The third kappa shape index (κ3) is 10.1. The van der Waals surface area contributed by atoms with Gasteiger partial charge in [-0.3, -0.25) is 0 Å². The van der Waals surface area contributed by atoms with Crippen LogP contribution in [0.2, 0.25) is 0 Å². The van der Waals surface area contributed by atoms with Crippen LogP contribution in [0.4, 0.5) is 0 Å². The zero-order valence-corrected chi connectivity index (χ0v) is 17.6. The van der Waals surface area contributed by atoms with Crippen molar-refractivity contribution in [3.05, 3.63) is 23.5 Å². The van der Waals surface area contributed by atoms with E-state index >= 15 is 0 Å². The van der Waals surface area contributed by atoms with Crippen LogP contribution in [0.15, 0.2) is 23.5 Å². The van der Waals surface area contributed by atoms with E-state index in [2.05, 4.69) is 33.8 Å². The van der Waals surface area contributed by atoms with Gasteiger partial charge in [0.15, 0.2) is 0 Å². The molecule has 0 aromatic rings. The average molecular weight is 349 g/mol. The summed E-state index contributed by atoms with van der Waals surface area (Å²) < 4.78 is 0.